The third kappa shape index (κ3) is 2.67. The van der Waals surface area contributed by atoms with E-state index in [0.29, 0.717) is 41.5 Å². The standard InChI is InChI=1S/C15H18Cl2N2O3/c16-10-1-2-12(21)13(14(10)17)8-3-4-19-9(5-8)6-18-11(7-20)15(19)22/h1-2,8-9,11,18,20-21H,3-7H2/t8-,9+,11-/m1/s1. The maximum absolute atomic E-state index is 12.2. The molecule has 1 amide bonds. The van der Waals surface area contributed by atoms with Gasteiger partial charge in [0, 0.05) is 24.7 Å². The van der Waals surface area contributed by atoms with Crippen molar-refractivity contribution < 1.29 is 15.0 Å². The van der Waals surface area contributed by atoms with Crippen molar-refractivity contribution in [2.45, 2.75) is 30.8 Å². The summed E-state index contributed by atoms with van der Waals surface area (Å²) in [5.74, 6) is 0.155. The summed E-state index contributed by atoms with van der Waals surface area (Å²) in [5, 5.41) is 23.2. The fourth-order valence-electron chi connectivity index (χ4n) is 3.45. The van der Waals surface area contributed by atoms with Gasteiger partial charge in [0.25, 0.3) is 0 Å². The van der Waals surface area contributed by atoms with Gasteiger partial charge in [-0.2, -0.15) is 0 Å². The van der Waals surface area contributed by atoms with E-state index in [-0.39, 0.29) is 30.2 Å². The minimum absolute atomic E-state index is 0.0449. The third-order valence-corrected chi connectivity index (χ3v) is 5.42. The Hall–Kier alpha value is -1.01. The van der Waals surface area contributed by atoms with Crippen LogP contribution in [0.5, 0.6) is 5.75 Å². The Morgan fingerprint density at radius 1 is 1.36 bits per heavy atom. The quantitative estimate of drug-likeness (QED) is 0.764. The number of nitrogens with one attached hydrogen (secondary N) is 1. The lowest BCUT2D eigenvalue weighted by atomic mass is 9.83. The van der Waals surface area contributed by atoms with E-state index >= 15 is 0 Å². The van der Waals surface area contributed by atoms with Crippen LogP contribution in [0.15, 0.2) is 12.1 Å². The molecule has 3 atom stereocenters. The predicted octanol–water partition coefficient (Wildman–Crippen LogP) is 1.74. The van der Waals surface area contributed by atoms with Crippen LogP contribution in [0.1, 0.15) is 24.3 Å². The van der Waals surface area contributed by atoms with Gasteiger partial charge in [-0.15, -0.1) is 0 Å². The second-order valence-corrected chi connectivity index (χ2v) is 6.63. The van der Waals surface area contributed by atoms with Crippen molar-refractivity contribution in [2.75, 3.05) is 19.7 Å². The highest BCUT2D eigenvalue weighted by molar-refractivity contribution is 6.42. The van der Waals surface area contributed by atoms with Crippen LogP contribution in [0, 0.1) is 0 Å². The number of benzene rings is 1. The molecule has 2 fully saturated rings. The van der Waals surface area contributed by atoms with Gasteiger partial charge in [0.15, 0.2) is 0 Å². The molecule has 0 aliphatic carbocycles. The summed E-state index contributed by atoms with van der Waals surface area (Å²) in [6.45, 7) is 1.04. The fourth-order valence-corrected chi connectivity index (χ4v) is 3.93. The van der Waals surface area contributed by atoms with Gasteiger partial charge in [-0.1, -0.05) is 23.2 Å². The molecule has 1 aromatic carbocycles. The second-order valence-electron chi connectivity index (χ2n) is 5.84. The monoisotopic (exact) mass is 344 g/mol. The highest BCUT2D eigenvalue weighted by Crippen LogP contribution is 2.43. The van der Waals surface area contributed by atoms with Gasteiger partial charge in [0.05, 0.1) is 16.7 Å². The first-order valence-electron chi connectivity index (χ1n) is 7.34. The number of hydrogen-bond donors (Lipinski definition) is 3. The highest BCUT2D eigenvalue weighted by atomic mass is 35.5. The molecule has 22 heavy (non-hydrogen) atoms. The zero-order valence-corrected chi connectivity index (χ0v) is 13.4. The van der Waals surface area contributed by atoms with Crippen LogP contribution < -0.4 is 5.32 Å². The number of piperidine rings is 1. The molecule has 2 saturated heterocycles. The van der Waals surface area contributed by atoms with Gasteiger partial charge < -0.3 is 20.4 Å². The van der Waals surface area contributed by atoms with Crippen LogP contribution in [0.2, 0.25) is 10.0 Å². The first-order chi connectivity index (χ1) is 10.5. The molecule has 0 radical (unpaired) electrons. The number of carbonyl (C=O) groups is 1. The summed E-state index contributed by atoms with van der Waals surface area (Å²) in [5.41, 5.74) is 0.672. The van der Waals surface area contributed by atoms with Crippen molar-refractivity contribution in [1.29, 1.82) is 0 Å². The molecule has 120 valence electrons. The molecule has 1 aromatic rings. The first-order valence-corrected chi connectivity index (χ1v) is 8.10. The number of aromatic hydroxyl groups is 1. The lowest BCUT2D eigenvalue weighted by Crippen LogP contribution is -2.63. The minimum Gasteiger partial charge on any atom is -0.508 e. The second kappa shape index (κ2) is 6.24. The number of aliphatic hydroxyl groups excluding tert-OH is 1. The van der Waals surface area contributed by atoms with E-state index in [0.717, 1.165) is 0 Å². The summed E-state index contributed by atoms with van der Waals surface area (Å²) >= 11 is 12.3. The number of halogens is 2. The molecule has 3 rings (SSSR count). The number of amides is 1. The molecule has 5 nitrogen and oxygen atoms in total. The Balaban J connectivity index is 1.82. The van der Waals surface area contributed by atoms with Gasteiger partial charge in [0.2, 0.25) is 5.91 Å². The van der Waals surface area contributed by atoms with E-state index in [4.69, 9.17) is 23.2 Å². The van der Waals surface area contributed by atoms with E-state index in [1.54, 1.807) is 12.1 Å². The van der Waals surface area contributed by atoms with Crippen molar-refractivity contribution in [3.05, 3.63) is 27.7 Å². The van der Waals surface area contributed by atoms with Crippen molar-refractivity contribution in [3.63, 3.8) is 0 Å². The summed E-state index contributed by atoms with van der Waals surface area (Å²) in [7, 11) is 0. The van der Waals surface area contributed by atoms with E-state index < -0.39 is 6.04 Å². The Morgan fingerprint density at radius 3 is 2.86 bits per heavy atom. The first kappa shape index (κ1) is 15.9. The molecule has 0 spiro atoms. The van der Waals surface area contributed by atoms with E-state index in [2.05, 4.69) is 5.32 Å². The van der Waals surface area contributed by atoms with Crippen LogP contribution in [-0.2, 0) is 4.79 Å². The zero-order chi connectivity index (χ0) is 15.9. The molecule has 0 saturated carbocycles. The number of piperazine rings is 1. The molecule has 0 unspecified atom stereocenters. The van der Waals surface area contributed by atoms with Crippen molar-refractivity contribution in [1.82, 2.24) is 10.2 Å². The van der Waals surface area contributed by atoms with Gasteiger partial charge >= 0.3 is 0 Å². The molecule has 2 aliphatic rings. The van der Waals surface area contributed by atoms with Crippen molar-refractivity contribution in [2.24, 2.45) is 0 Å². The largest absolute Gasteiger partial charge is 0.508 e. The average Bonchev–Trinajstić information content (AvgIpc) is 2.52. The summed E-state index contributed by atoms with van der Waals surface area (Å²) < 4.78 is 0. The molecular weight excluding hydrogens is 327 g/mol. The summed E-state index contributed by atoms with van der Waals surface area (Å²) in [4.78, 5) is 14.1. The molecule has 0 bridgehead atoms. The number of phenols is 1. The number of carbonyl (C=O) groups excluding carboxylic acids is 1. The van der Waals surface area contributed by atoms with Gasteiger partial charge in [0.1, 0.15) is 11.8 Å². The maximum Gasteiger partial charge on any atom is 0.242 e. The topological polar surface area (TPSA) is 72.8 Å². The van der Waals surface area contributed by atoms with Crippen molar-refractivity contribution in [3.8, 4) is 5.75 Å². The number of aliphatic hydroxyl groups is 1. The van der Waals surface area contributed by atoms with E-state index in [1.165, 1.54) is 0 Å². The van der Waals surface area contributed by atoms with Crippen LogP contribution >= 0.6 is 23.2 Å². The van der Waals surface area contributed by atoms with Gasteiger partial charge in [-0.3, -0.25) is 4.79 Å². The van der Waals surface area contributed by atoms with Crippen LogP contribution in [0.4, 0.5) is 0 Å². The highest BCUT2D eigenvalue weighted by Gasteiger charge is 2.39. The minimum atomic E-state index is -0.504. The Bertz CT molecular complexity index is 596. The predicted molar refractivity (Wildman–Crippen MR) is 84.5 cm³/mol. The summed E-state index contributed by atoms with van der Waals surface area (Å²) in [6, 6.07) is 2.68. The van der Waals surface area contributed by atoms with Gasteiger partial charge in [-0.05, 0) is 30.9 Å². The molecule has 0 aromatic heterocycles. The molecule has 2 aliphatic heterocycles. The maximum atomic E-state index is 12.2. The number of phenolic OH excluding ortho intramolecular Hbond substituents is 1. The molecule has 2 heterocycles. The van der Waals surface area contributed by atoms with E-state index in [9.17, 15) is 15.0 Å². The van der Waals surface area contributed by atoms with Gasteiger partial charge in [-0.25, -0.2) is 0 Å². The van der Waals surface area contributed by atoms with E-state index in [1.807, 2.05) is 4.90 Å². The number of hydrogen-bond acceptors (Lipinski definition) is 4. The fraction of sp³-hybridized carbons (Fsp3) is 0.533. The van der Waals surface area contributed by atoms with Crippen LogP contribution in [-0.4, -0.2) is 52.8 Å². The third-order valence-electron chi connectivity index (χ3n) is 4.60. The number of fused-ring (bicyclic) bond motifs is 1. The summed E-state index contributed by atoms with van der Waals surface area (Å²) in [6.07, 6.45) is 1.43. The number of rotatable bonds is 2. The smallest absolute Gasteiger partial charge is 0.242 e. The number of nitrogens with zero attached hydrogens (tertiary/aromatic N) is 1. The Labute approximate surface area is 138 Å². The lowest BCUT2D eigenvalue weighted by Gasteiger charge is -2.45. The van der Waals surface area contributed by atoms with Crippen molar-refractivity contribution >= 4 is 29.1 Å². The average molecular weight is 345 g/mol. The molecule has 7 heteroatoms. The normalized spacial score (nSPS) is 28.6. The molecule has 3 N–H and O–H groups in total. The molecular formula is C15H18Cl2N2O3. The Kier molecular flexibility index (Phi) is 4.50. The lowest BCUT2D eigenvalue weighted by molar-refractivity contribution is -0.141. The van der Waals surface area contributed by atoms with Crippen LogP contribution in [0.3, 0.4) is 0 Å². The SMILES string of the molecule is O=C1[C@@H](CO)NC[C@@H]2C[C@H](c3c(O)ccc(Cl)c3Cl)CCN12. The zero-order valence-electron chi connectivity index (χ0n) is 11.9. The Morgan fingerprint density at radius 2 is 2.14 bits per heavy atom. The van der Waals surface area contributed by atoms with Crippen LogP contribution in [0.25, 0.3) is 0 Å².